The van der Waals surface area contributed by atoms with Crippen LogP contribution in [-0.2, 0) is 11.3 Å². The average Bonchev–Trinajstić information content (AvgIpc) is 2.98. The van der Waals surface area contributed by atoms with E-state index in [0.717, 1.165) is 11.1 Å². The molecule has 2 aliphatic heterocycles. The van der Waals surface area contributed by atoms with Crippen LogP contribution in [0.1, 0.15) is 22.8 Å². The molecule has 0 saturated carbocycles. The fourth-order valence-electron chi connectivity index (χ4n) is 3.42. The van der Waals surface area contributed by atoms with E-state index in [4.69, 9.17) is 14.7 Å². The highest BCUT2D eigenvalue weighted by atomic mass is 16.5. The first-order valence-corrected chi connectivity index (χ1v) is 9.86. The van der Waals surface area contributed by atoms with Crippen molar-refractivity contribution >= 4 is 11.9 Å². The van der Waals surface area contributed by atoms with Gasteiger partial charge in [0.2, 0.25) is 0 Å². The number of ether oxygens (including phenoxy) is 2. The van der Waals surface area contributed by atoms with Crippen molar-refractivity contribution < 1.29 is 24.3 Å². The second-order valence-corrected chi connectivity index (χ2v) is 7.06. The van der Waals surface area contributed by atoms with E-state index in [1.165, 1.54) is 0 Å². The van der Waals surface area contributed by atoms with Crippen molar-refractivity contribution in [2.24, 2.45) is 0 Å². The Labute approximate surface area is 176 Å². The highest BCUT2D eigenvalue weighted by Gasteiger charge is 2.33. The fourth-order valence-corrected chi connectivity index (χ4v) is 3.42. The number of rotatable bonds is 4. The highest BCUT2D eigenvalue weighted by molar-refractivity contribution is 5.93. The summed E-state index contributed by atoms with van der Waals surface area (Å²) in [5, 5.41) is 8.89. The topological polar surface area (TPSA) is 91.3 Å². The first kappa shape index (κ1) is 21.6. The zero-order chi connectivity index (χ0) is 21.5. The Kier molecular flexibility index (Phi) is 7.26. The maximum atomic E-state index is 13.3. The lowest BCUT2D eigenvalue weighted by Crippen LogP contribution is -2.52. The number of hydroxylamine groups is 1. The zero-order valence-electron chi connectivity index (χ0n) is 17.0. The number of nitrogens with one attached hydrogen (secondary N) is 1. The second kappa shape index (κ2) is 10.1. The predicted octanol–water partition coefficient (Wildman–Crippen LogP) is 2.51. The number of nitrogens with zero attached hydrogens (tertiary/aromatic N) is 2. The Morgan fingerprint density at radius 2 is 2.03 bits per heavy atom. The van der Waals surface area contributed by atoms with Gasteiger partial charge in [0.15, 0.2) is 0 Å². The van der Waals surface area contributed by atoms with Crippen LogP contribution in [0.5, 0.6) is 5.75 Å². The molecule has 1 aromatic carbocycles. The van der Waals surface area contributed by atoms with Gasteiger partial charge >= 0.3 is 6.03 Å². The van der Waals surface area contributed by atoms with Gasteiger partial charge in [0.1, 0.15) is 12.4 Å². The summed E-state index contributed by atoms with van der Waals surface area (Å²) in [7, 11) is 0. The van der Waals surface area contributed by atoms with Gasteiger partial charge < -0.3 is 19.3 Å². The van der Waals surface area contributed by atoms with E-state index in [1.807, 2.05) is 31.2 Å². The molecule has 0 bridgehead atoms. The van der Waals surface area contributed by atoms with Crippen LogP contribution in [0.25, 0.3) is 0 Å². The summed E-state index contributed by atoms with van der Waals surface area (Å²) in [4.78, 5) is 28.6. The first-order chi connectivity index (χ1) is 14.5. The lowest BCUT2D eigenvalue weighted by molar-refractivity contribution is 0.0387. The minimum atomic E-state index is -0.623. The molecular weight excluding hydrogens is 386 g/mol. The standard InChI is InChI=1S/C22H27N3O5/c1-3-4-5-6-16(2)19-15-30-20-13-17(21(26)23-28)7-8-18(20)14-25(19)22(27)24-9-11-29-12-10-24/h3-8,13,19,28H,2,9-12,14-15H2,1H3,(H,23,26)/b4-3-,6-5-/t19-/m1/s1. The average molecular weight is 413 g/mol. The third kappa shape index (κ3) is 4.90. The molecule has 1 atom stereocenters. The monoisotopic (exact) mass is 413 g/mol. The zero-order valence-corrected chi connectivity index (χ0v) is 17.0. The lowest BCUT2D eigenvalue weighted by atomic mass is 10.1. The summed E-state index contributed by atoms with van der Waals surface area (Å²) < 4.78 is 11.4. The third-order valence-corrected chi connectivity index (χ3v) is 5.11. The van der Waals surface area contributed by atoms with Crippen molar-refractivity contribution in [2.45, 2.75) is 19.5 Å². The van der Waals surface area contributed by atoms with Gasteiger partial charge in [0.25, 0.3) is 5.91 Å². The van der Waals surface area contributed by atoms with E-state index in [1.54, 1.807) is 33.5 Å². The van der Waals surface area contributed by atoms with Crippen LogP contribution in [0.15, 0.2) is 54.7 Å². The number of hydrogen-bond acceptors (Lipinski definition) is 5. The second-order valence-electron chi connectivity index (χ2n) is 7.06. The number of carbonyl (C=O) groups excluding carboxylic acids is 2. The van der Waals surface area contributed by atoms with E-state index in [9.17, 15) is 9.59 Å². The van der Waals surface area contributed by atoms with Gasteiger partial charge in [-0.2, -0.15) is 0 Å². The smallest absolute Gasteiger partial charge is 0.321 e. The van der Waals surface area contributed by atoms with E-state index in [2.05, 4.69) is 6.58 Å². The SMILES string of the molecule is C=C(/C=C\C=C/C)[C@H]1COc2cc(C(=O)NO)ccc2CN1C(=O)N1CCOCC1. The third-order valence-electron chi connectivity index (χ3n) is 5.11. The van der Waals surface area contributed by atoms with Crippen LogP contribution in [0.3, 0.4) is 0 Å². The number of fused-ring (bicyclic) bond motifs is 1. The van der Waals surface area contributed by atoms with E-state index in [-0.39, 0.29) is 24.2 Å². The summed E-state index contributed by atoms with van der Waals surface area (Å²) in [6, 6.07) is 4.42. The molecule has 2 N–H and O–H groups in total. The predicted molar refractivity (Wildman–Crippen MR) is 111 cm³/mol. The summed E-state index contributed by atoms with van der Waals surface area (Å²) >= 11 is 0. The number of amides is 3. The van der Waals surface area contributed by atoms with Crippen LogP contribution in [0, 0.1) is 0 Å². The first-order valence-electron chi connectivity index (χ1n) is 9.86. The molecule has 0 radical (unpaired) electrons. The van der Waals surface area contributed by atoms with Crippen molar-refractivity contribution in [2.75, 3.05) is 32.9 Å². The van der Waals surface area contributed by atoms with Gasteiger partial charge in [-0.1, -0.05) is 36.9 Å². The maximum absolute atomic E-state index is 13.3. The number of morpholine rings is 1. The molecule has 1 fully saturated rings. The Hall–Kier alpha value is -3.10. The van der Waals surface area contributed by atoms with Gasteiger partial charge in [-0.25, -0.2) is 10.3 Å². The molecule has 1 saturated heterocycles. The van der Waals surface area contributed by atoms with Crippen LogP contribution in [0.2, 0.25) is 0 Å². The molecule has 0 spiro atoms. The maximum Gasteiger partial charge on any atom is 0.321 e. The van der Waals surface area contributed by atoms with Gasteiger partial charge in [0, 0.05) is 24.2 Å². The number of benzene rings is 1. The van der Waals surface area contributed by atoms with Gasteiger partial charge in [-0.3, -0.25) is 10.0 Å². The molecule has 0 aliphatic carbocycles. The fraction of sp³-hybridized carbons (Fsp3) is 0.364. The van der Waals surface area contributed by atoms with Crippen LogP contribution >= 0.6 is 0 Å². The molecule has 1 aromatic rings. The molecular formula is C22H27N3O5. The molecule has 8 heteroatoms. The largest absolute Gasteiger partial charge is 0.491 e. The van der Waals surface area contributed by atoms with Crippen LogP contribution in [0.4, 0.5) is 4.79 Å². The minimum absolute atomic E-state index is 0.0995. The molecule has 160 valence electrons. The van der Waals surface area contributed by atoms with Crippen molar-refractivity contribution in [1.29, 1.82) is 0 Å². The minimum Gasteiger partial charge on any atom is -0.491 e. The van der Waals surface area contributed by atoms with Gasteiger partial charge in [-0.15, -0.1) is 0 Å². The quantitative estimate of drug-likeness (QED) is 0.450. The molecule has 0 aromatic heterocycles. The summed E-state index contributed by atoms with van der Waals surface area (Å²) in [6.07, 6.45) is 7.55. The summed E-state index contributed by atoms with van der Waals surface area (Å²) in [5.41, 5.74) is 3.42. The summed E-state index contributed by atoms with van der Waals surface area (Å²) in [6.45, 7) is 8.69. The molecule has 3 amide bonds. The highest BCUT2D eigenvalue weighted by Crippen LogP contribution is 2.29. The Morgan fingerprint density at radius 1 is 1.27 bits per heavy atom. The molecule has 8 nitrogen and oxygen atoms in total. The van der Waals surface area contributed by atoms with Gasteiger partial charge in [0.05, 0.1) is 25.8 Å². The summed E-state index contributed by atoms with van der Waals surface area (Å²) in [5.74, 6) is -0.120. The Bertz CT molecular complexity index is 858. The number of urea groups is 1. The van der Waals surface area contributed by atoms with E-state index >= 15 is 0 Å². The number of carbonyl (C=O) groups is 2. The van der Waals surface area contributed by atoms with Gasteiger partial charge in [-0.05, 0) is 24.6 Å². The van der Waals surface area contributed by atoms with Crippen molar-refractivity contribution in [3.63, 3.8) is 0 Å². The molecule has 0 unspecified atom stereocenters. The van der Waals surface area contributed by atoms with Crippen LogP contribution in [-0.4, -0.2) is 65.9 Å². The van der Waals surface area contributed by atoms with E-state index in [0.29, 0.717) is 38.6 Å². The van der Waals surface area contributed by atoms with Crippen molar-refractivity contribution in [3.8, 4) is 5.75 Å². The number of hydrogen-bond donors (Lipinski definition) is 2. The number of allylic oxidation sites excluding steroid dienone is 3. The molecule has 30 heavy (non-hydrogen) atoms. The Balaban J connectivity index is 1.91. The van der Waals surface area contributed by atoms with Crippen LogP contribution < -0.4 is 10.2 Å². The van der Waals surface area contributed by atoms with E-state index < -0.39 is 5.91 Å². The Morgan fingerprint density at radius 3 is 2.73 bits per heavy atom. The molecule has 2 aliphatic rings. The van der Waals surface area contributed by atoms with Crippen molar-refractivity contribution in [1.82, 2.24) is 15.3 Å². The normalized spacial score (nSPS) is 19.3. The molecule has 3 rings (SSSR count). The molecule has 2 heterocycles. The lowest BCUT2D eigenvalue weighted by Gasteiger charge is -2.36. The van der Waals surface area contributed by atoms with Crippen molar-refractivity contribution in [3.05, 3.63) is 65.8 Å².